The predicted molar refractivity (Wildman–Crippen MR) is 133 cm³/mol. The van der Waals surface area contributed by atoms with E-state index in [-0.39, 0.29) is 6.54 Å². The van der Waals surface area contributed by atoms with Crippen molar-refractivity contribution in [3.8, 4) is 11.1 Å². The highest BCUT2D eigenvalue weighted by atomic mass is 16.3. The van der Waals surface area contributed by atoms with E-state index in [1.54, 1.807) is 17.3 Å². The lowest BCUT2D eigenvalue weighted by atomic mass is 9.84. The maximum Gasteiger partial charge on any atom is 0.255 e. The van der Waals surface area contributed by atoms with Crippen LogP contribution in [0, 0.1) is 0 Å². The zero-order chi connectivity index (χ0) is 24.8. The summed E-state index contributed by atoms with van der Waals surface area (Å²) in [5.74, 6) is -1.41. The number of rotatable bonds is 8. The van der Waals surface area contributed by atoms with Crippen molar-refractivity contribution in [2.75, 3.05) is 6.54 Å². The Morgan fingerprint density at radius 1 is 0.971 bits per heavy atom. The Hall–Kier alpha value is -3.55. The van der Waals surface area contributed by atoms with Gasteiger partial charge >= 0.3 is 0 Å². The van der Waals surface area contributed by atoms with Gasteiger partial charge in [-0.05, 0) is 53.6 Å². The minimum atomic E-state index is -1.86. The van der Waals surface area contributed by atoms with Gasteiger partial charge in [-0.2, -0.15) is 0 Å². The van der Waals surface area contributed by atoms with E-state index in [2.05, 4.69) is 10.3 Å². The van der Waals surface area contributed by atoms with E-state index in [0.717, 1.165) is 35.1 Å². The van der Waals surface area contributed by atoms with Crippen molar-refractivity contribution in [2.24, 2.45) is 0 Å². The first-order valence-electron chi connectivity index (χ1n) is 12.0. The number of nitrogens with zero attached hydrogens (tertiary/aromatic N) is 2. The van der Waals surface area contributed by atoms with Gasteiger partial charge in [-0.3, -0.25) is 14.6 Å². The Kier molecular flexibility index (Phi) is 7.58. The number of pyridine rings is 1. The van der Waals surface area contributed by atoms with Gasteiger partial charge in [-0.25, -0.2) is 0 Å². The molecule has 1 unspecified atom stereocenters. The van der Waals surface area contributed by atoms with Crippen LogP contribution in [0.25, 0.3) is 11.1 Å². The van der Waals surface area contributed by atoms with Gasteiger partial charge in [-0.15, -0.1) is 0 Å². The summed E-state index contributed by atoms with van der Waals surface area (Å²) in [6.45, 7) is 2.64. The smallest absolute Gasteiger partial charge is 0.255 e. The molecule has 7 nitrogen and oxygen atoms in total. The molecule has 0 bridgehead atoms. The SMILES string of the molecule is CCC1(c2ccccc2)CCCN1C(=O)[C@H](O)[C@@H](O)C(=O)NCc1ccc(-c2ccncc2)cc1. The summed E-state index contributed by atoms with van der Waals surface area (Å²) in [6.07, 6.45) is 1.99. The van der Waals surface area contributed by atoms with Crippen LogP contribution in [0.3, 0.4) is 0 Å². The standard InChI is InChI=1S/C28H31N3O4/c1-2-28(23-7-4-3-5-8-23)15-6-18-31(28)27(35)25(33)24(32)26(34)30-19-20-9-11-21(12-10-20)22-13-16-29-17-14-22/h3-5,7-14,16-17,24-25,32-33H,2,6,15,18-19H2,1H3,(H,30,34)/t24-,25-,28?/m1/s1. The number of aliphatic hydroxyl groups is 2. The lowest BCUT2D eigenvalue weighted by Crippen LogP contribution is -2.54. The number of hydrogen-bond acceptors (Lipinski definition) is 5. The molecule has 2 amide bonds. The van der Waals surface area contributed by atoms with Crippen LogP contribution in [-0.2, 0) is 21.7 Å². The van der Waals surface area contributed by atoms with Crippen LogP contribution in [0.2, 0.25) is 0 Å². The Morgan fingerprint density at radius 3 is 2.29 bits per heavy atom. The quantitative estimate of drug-likeness (QED) is 0.467. The van der Waals surface area contributed by atoms with Crippen molar-refractivity contribution in [3.63, 3.8) is 0 Å². The molecule has 182 valence electrons. The highest BCUT2D eigenvalue weighted by Crippen LogP contribution is 2.42. The predicted octanol–water partition coefficient (Wildman–Crippen LogP) is 3.01. The number of aromatic nitrogens is 1. The second kappa shape index (κ2) is 10.8. The summed E-state index contributed by atoms with van der Waals surface area (Å²) in [7, 11) is 0. The fraction of sp³-hybridized carbons (Fsp3) is 0.321. The highest BCUT2D eigenvalue weighted by molar-refractivity contribution is 5.91. The second-order valence-electron chi connectivity index (χ2n) is 8.88. The van der Waals surface area contributed by atoms with E-state index in [9.17, 15) is 19.8 Å². The number of aliphatic hydroxyl groups excluding tert-OH is 2. The summed E-state index contributed by atoms with van der Waals surface area (Å²) < 4.78 is 0. The van der Waals surface area contributed by atoms with Gasteiger partial charge in [0.15, 0.2) is 12.2 Å². The van der Waals surface area contributed by atoms with Crippen molar-refractivity contribution in [1.82, 2.24) is 15.2 Å². The molecule has 1 aliphatic rings. The van der Waals surface area contributed by atoms with Crippen molar-refractivity contribution in [1.29, 1.82) is 0 Å². The molecule has 3 N–H and O–H groups in total. The molecule has 1 saturated heterocycles. The van der Waals surface area contributed by atoms with Gasteiger partial charge in [0.25, 0.3) is 11.8 Å². The molecule has 0 spiro atoms. The molecule has 0 saturated carbocycles. The lowest BCUT2D eigenvalue weighted by molar-refractivity contribution is -0.156. The third-order valence-electron chi connectivity index (χ3n) is 6.91. The van der Waals surface area contributed by atoms with Crippen LogP contribution in [0.5, 0.6) is 0 Å². The summed E-state index contributed by atoms with van der Waals surface area (Å²) in [5, 5.41) is 23.8. The Morgan fingerprint density at radius 2 is 1.63 bits per heavy atom. The number of nitrogens with one attached hydrogen (secondary N) is 1. The van der Waals surface area contributed by atoms with Crippen LogP contribution in [0.15, 0.2) is 79.1 Å². The molecule has 2 aromatic carbocycles. The fourth-order valence-corrected chi connectivity index (χ4v) is 4.91. The van der Waals surface area contributed by atoms with Crippen molar-refractivity contribution >= 4 is 11.8 Å². The first-order valence-corrected chi connectivity index (χ1v) is 12.0. The van der Waals surface area contributed by atoms with Crippen LogP contribution in [-0.4, -0.2) is 50.7 Å². The van der Waals surface area contributed by atoms with Gasteiger partial charge in [-0.1, -0.05) is 61.5 Å². The minimum Gasteiger partial charge on any atom is -0.380 e. The maximum atomic E-state index is 13.2. The molecular formula is C28H31N3O4. The highest BCUT2D eigenvalue weighted by Gasteiger charge is 2.46. The summed E-state index contributed by atoms with van der Waals surface area (Å²) in [6, 6.07) is 21.2. The molecule has 35 heavy (non-hydrogen) atoms. The van der Waals surface area contributed by atoms with Crippen LogP contribution in [0.1, 0.15) is 37.3 Å². The monoisotopic (exact) mass is 473 g/mol. The molecule has 3 aromatic rings. The van der Waals surface area contributed by atoms with Gasteiger partial charge < -0.3 is 20.4 Å². The fourth-order valence-electron chi connectivity index (χ4n) is 4.91. The molecule has 4 rings (SSSR count). The molecule has 3 atom stereocenters. The zero-order valence-corrected chi connectivity index (χ0v) is 19.8. The number of amides is 2. The van der Waals surface area contributed by atoms with E-state index in [0.29, 0.717) is 13.0 Å². The summed E-state index contributed by atoms with van der Waals surface area (Å²) in [4.78, 5) is 31.4. The number of hydrogen-bond donors (Lipinski definition) is 3. The summed E-state index contributed by atoms with van der Waals surface area (Å²) in [5.41, 5.74) is 3.33. The largest absolute Gasteiger partial charge is 0.380 e. The average molecular weight is 474 g/mol. The number of likely N-dealkylation sites (tertiary alicyclic amines) is 1. The molecule has 1 fully saturated rings. The third kappa shape index (κ3) is 5.11. The molecule has 0 aliphatic carbocycles. The third-order valence-corrected chi connectivity index (χ3v) is 6.91. The molecular weight excluding hydrogens is 442 g/mol. The average Bonchev–Trinajstić information content (AvgIpc) is 3.37. The van der Waals surface area contributed by atoms with E-state index in [4.69, 9.17) is 0 Å². The normalized spacial score (nSPS) is 19.2. The minimum absolute atomic E-state index is 0.167. The van der Waals surface area contributed by atoms with Crippen molar-refractivity contribution in [2.45, 2.75) is 50.5 Å². The zero-order valence-electron chi connectivity index (χ0n) is 19.8. The maximum absolute atomic E-state index is 13.2. The van der Waals surface area contributed by atoms with Gasteiger partial charge in [0, 0.05) is 25.5 Å². The van der Waals surface area contributed by atoms with Gasteiger partial charge in [0.05, 0.1) is 5.54 Å². The van der Waals surface area contributed by atoms with Crippen LogP contribution in [0.4, 0.5) is 0 Å². The Balaban J connectivity index is 1.38. The van der Waals surface area contributed by atoms with E-state index in [1.165, 1.54) is 0 Å². The van der Waals surface area contributed by atoms with E-state index < -0.39 is 29.6 Å². The van der Waals surface area contributed by atoms with E-state index in [1.807, 2.05) is 73.7 Å². The van der Waals surface area contributed by atoms with Crippen LogP contribution >= 0.6 is 0 Å². The molecule has 2 heterocycles. The van der Waals surface area contributed by atoms with E-state index >= 15 is 0 Å². The Labute approximate surface area is 205 Å². The lowest BCUT2D eigenvalue weighted by Gasteiger charge is -2.40. The number of carbonyl (C=O) groups is 2. The molecule has 1 aliphatic heterocycles. The molecule has 0 radical (unpaired) electrons. The Bertz CT molecular complexity index is 1140. The van der Waals surface area contributed by atoms with Gasteiger partial charge in [0.2, 0.25) is 0 Å². The summed E-state index contributed by atoms with van der Waals surface area (Å²) >= 11 is 0. The van der Waals surface area contributed by atoms with Crippen molar-refractivity contribution in [3.05, 3.63) is 90.3 Å². The first kappa shape index (κ1) is 24.6. The van der Waals surface area contributed by atoms with Crippen LogP contribution < -0.4 is 5.32 Å². The number of benzene rings is 2. The van der Waals surface area contributed by atoms with Gasteiger partial charge in [0.1, 0.15) is 0 Å². The van der Waals surface area contributed by atoms with Crippen molar-refractivity contribution < 1.29 is 19.8 Å². The number of carbonyl (C=O) groups excluding carboxylic acids is 2. The molecule has 7 heteroatoms. The second-order valence-corrected chi connectivity index (χ2v) is 8.88. The first-order chi connectivity index (χ1) is 17.0. The topological polar surface area (TPSA) is 103 Å². The molecule has 1 aromatic heterocycles.